The third kappa shape index (κ3) is 1.14. The van der Waals surface area contributed by atoms with Gasteiger partial charge in [0.25, 0.3) is 0 Å². The molecule has 1 amide bonds. The molecule has 0 saturated heterocycles. The molecular formula is C9H6FNO3. The van der Waals surface area contributed by atoms with Crippen molar-refractivity contribution in [3.63, 3.8) is 0 Å². The van der Waals surface area contributed by atoms with Gasteiger partial charge in [0.05, 0.1) is 17.7 Å². The lowest BCUT2D eigenvalue weighted by atomic mass is 10.1. The largest absolute Gasteiger partial charge is 0.478 e. The number of hydrogen-bond acceptors (Lipinski definition) is 2. The minimum absolute atomic E-state index is 0.00472. The highest BCUT2D eigenvalue weighted by atomic mass is 19.1. The van der Waals surface area contributed by atoms with Crippen LogP contribution >= 0.6 is 0 Å². The predicted octanol–water partition coefficient (Wildman–Crippen LogP) is 1.02. The molecule has 0 radical (unpaired) electrons. The summed E-state index contributed by atoms with van der Waals surface area (Å²) >= 11 is 0. The van der Waals surface area contributed by atoms with Crippen LogP contribution in [0.5, 0.6) is 0 Å². The highest BCUT2D eigenvalue weighted by Crippen LogP contribution is 2.28. The first-order valence-electron chi connectivity index (χ1n) is 3.94. The van der Waals surface area contributed by atoms with Crippen molar-refractivity contribution in [2.24, 2.45) is 0 Å². The van der Waals surface area contributed by atoms with Gasteiger partial charge < -0.3 is 10.4 Å². The Hall–Kier alpha value is -1.91. The zero-order valence-electron chi connectivity index (χ0n) is 7.00. The molecule has 0 atom stereocenters. The summed E-state index contributed by atoms with van der Waals surface area (Å²) in [7, 11) is 0. The number of carbonyl (C=O) groups excluding carboxylic acids is 1. The van der Waals surface area contributed by atoms with Gasteiger partial charge in [0.2, 0.25) is 5.91 Å². The van der Waals surface area contributed by atoms with Crippen LogP contribution in [-0.4, -0.2) is 17.0 Å². The number of hydrogen-bond donors (Lipinski definition) is 2. The average molecular weight is 195 g/mol. The molecule has 1 aromatic carbocycles. The molecule has 0 aliphatic carbocycles. The molecule has 5 heteroatoms. The standard InChI is InChI=1S/C9H6FNO3/c10-7-5(9(13)14)2-1-4-3-6(12)11-8(4)7/h1-2H,3H2,(H,11,12)(H,13,14). The zero-order chi connectivity index (χ0) is 10.3. The fourth-order valence-electron chi connectivity index (χ4n) is 1.42. The summed E-state index contributed by atoms with van der Waals surface area (Å²) in [6.07, 6.45) is 0.103. The van der Waals surface area contributed by atoms with Crippen LogP contribution in [0.25, 0.3) is 0 Å². The van der Waals surface area contributed by atoms with Crippen molar-refractivity contribution in [2.45, 2.75) is 6.42 Å². The van der Waals surface area contributed by atoms with Gasteiger partial charge in [0.15, 0.2) is 5.82 Å². The Morgan fingerprint density at radius 3 is 2.86 bits per heavy atom. The second-order valence-electron chi connectivity index (χ2n) is 2.99. The van der Waals surface area contributed by atoms with Gasteiger partial charge in [-0.25, -0.2) is 9.18 Å². The van der Waals surface area contributed by atoms with Crippen LogP contribution in [0, 0.1) is 5.82 Å². The van der Waals surface area contributed by atoms with Crippen molar-refractivity contribution in [1.29, 1.82) is 0 Å². The lowest BCUT2D eigenvalue weighted by Gasteiger charge is -2.02. The minimum atomic E-state index is -1.34. The topological polar surface area (TPSA) is 66.4 Å². The van der Waals surface area contributed by atoms with E-state index in [4.69, 9.17) is 5.11 Å². The molecule has 4 nitrogen and oxygen atoms in total. The van der Waals surface area contributed by atoms with Crippen LogP contribution in [0.2, 0.25) is 0 Å². The third-order valence-corrected chi connectivity index (χ3v) is 2.07. The quantitative estimate of drug-likeness (QED) is 0.703. The third-order valence-electron chi connectivity index (χ3n) is 2.07. The second-order valence-corrected chi connectivity index (χ2v) is 2.99. The molecule has 1 heterocycles. The second kappa shape index (κ2) is 2.80. The van der Waals surface area contributed by atoms with E-state index in [1.165, 1.54) is 6.07 Å². The Labute approximate surface area is 78.4 Å². The van der Waals surface area contributed by atoms with Crippen LogP contribution in [-0.2, 0) is 11.2 Å². The van der Waals surface area contributed by atoms with Crippen molar-refractivity contribution in [2.75, 3.05) is 5.32 Å². The predicted molar refractivity (Wildman–Crippen MR) is 45.7 cm³/mol. The summed E-state index contributed by atoms with van der Waals surface area (Å²) in [4.78, 5) is 21.5. The van der Waals surface area contributed by atoms with Crippen molar-refractivity contribution < 1.29 is 19.1 Å². The molecule has 0 spiro atoms. The maximum Gasteiger partial charge on any atom is 0.338 e. The fourth-order valence-corrected chi connectivity index (χ4v) is 1.42. The molecule has 14 heavy (non-hydrogen) atoms. The molecule has 0 aromatic heterocycles. The van der Waals surface area contributed by atoms with Crippen molar-refractivity contribution in [3.05, 3.63) is 29.1 Å². The highest BCUT2D eigenvalue weighted by Gasteiger charge is 2.24. The van der Waals surface area contributed by atoms with Crippen LogP contribution in [0.4, 0.5) is 10.1 Å². The van der Waals surface area contributed by atoms with E-state index in [1.807, 2.05) is 0 Å². The number of carboxylic acid groups (broad SMARTS) is 1. The van der Waals surface area contributed by atoms with Crippen molar-refractivity contribution >= 4 is 17.6 Å². The number of halogens is 1. The first-order valence-corrected chi connectivity index (χ1v) is 3.94. The normalized spacial score (nSPS) is 13.6. The number of aromatic carboxylic acids is 1. The van der Waals surface area contributed by atoms with Crippen LogP contribution in [0.15, 0.2) is 12.1 Å². The molecule has 1 aromatic rings. The Morgan fingerprint density at radius 2 is 2.21 bits per heavy atom. The van der Waals surface area contributed by atoms with Crippen molar-refractivity contribution in [3.8, 4) is 0 Å². The van der Waals surface area contributed by atoms with E-state index in [2.05, 4.69) is 5.32 Å². The smallest absolute Gasteiger partial charge is 0.338 e. The molecule has 0 bridgehead atoms. The molecule has 0 fully saturated rings. The van der Waals surface area contributed by atoms with Gasteiger partial charge in [-0.05, 0) is 11.6 Å². The summed E-state index contributed by atoms with van der Waals surface area (Å²) in [5, 5.41) is 10.9. The number of nitrogens with one attached hydrogen (secondary N) is 1. The van der Waals surface area contributed by atoms with Gasteiger partial charge in [-0.15, -0.1) is 0 Å². The molecule has 2 N–H and O–H groups in total. The SMILES string of the molecule is O=C1Cc2ccc(C(=O)O)c(F)c2N1. The number of rotatable bonds is 1. The van der Waals surface area contributed by atoms with Gasteiger partial charge in [-0.1, -0.05) is 6.07 Å². The number of carbonyl (C=O) groups is 2. The van der Waals surface area contributed by atoms with Gasteiger partial charge in [0.1, 0.15) is 0 Å². The number of carboxylic acids is 1. The van der Waals surface area contributed by atoms with Gasteiger partial charge >= 0.3 is 5.97 Å². The van der Waals surface area contributed by atoms with E-state index in [9.17, 15) is 14.0 Å². The Morgan fingerprint density at radius 1 is 1.50 bits per heavy atom. The molecular weight excluding hydrogens is 189 g/mol. The zero-order valence-corrected chi connectivity index (χ0v) is 7.00. The average Bonchev–Trinajstić information content (AvgIpc) is 2.46. The van der Waals surface area contributed by atoms with E-state index in [1.54, 1.807) is 0 Å². The minimum Gasteiger partial charge on any atom is -0.478 e. The Balaban J connectivity index is 2.59. The molecule has 2 rings (SSSR count). The molecule has 1 aliphatic heterocycles. The maximum atomic E-state index is 13.4. The van der Waals surface area contributed by atoms with Gasteiger partial charge in [-0.2, -0.15) is 0 Å². The Bertz CT molecular complexity index is 442. The van der Waals surface area contributed by atoms with E-state index in [0.717, 1.165) is 6.07 Å². The number of anilines is 1. The summed E-state index contributed by atoms with van der Waals surface area (Å²) in [5.74, 6) is -2.53. The number of benzene rings is 1. The van der Waals surface area contributed by atoms with E-state index in [-0.39, 0.29) is 18.0 Å². The monoisotopic (exact) mass is 195 g/mol. The van der Waals surface area contributed by atoms with Crippen LogP contribution in [0.1, 0.15) is 15.9 Å². The number of amides is 1. The first kappa shape index (κ1) is 8.68. The van der Waals surface area contributed by atoms with Crippen molar-refractivity contribution in [1.82, 2.24) is 0 Å². The van der Waals surface area contributed by atoms with Gasteiger partial charge in [0, 0.05) is 0 Å². The van der Waals surface area contributed by atoms with Crippen LogP contribution < -0.4 is 5.32 Å². The molecule has 1 aliphatic rings. The summed E-state index contributed by atoms with van der Waals surface area (Å²) in [5.41, 5.74) is 0.0679. The highest BCUT2D eigenvalue weighted by molar-refractivity contribution is 6.01. The molecule has 0 unspecified atom stereocenters. The van der Waals surface area contributed by atoms with Crippen LogP contribution in [0.3, 0.4) is 0 Å². The number of fused-ring (bicyclic) bond motifs is 1. The summed E-state index contributed by atoms with van der Waals surface area (Å²) < 4.78 is 13.4. The lowest BCUT2D eigenvalue weighted by molar-refractivity contribution is -0.115. The summed E-state index contributed by atoms with van der Waals surface area (Å²) in [6, 6.07) is 2.61. The fraction of sp³-hybridized carbons (Fsp3) is 0.111. The first-order chi connectivity index (χ1) is 6.59. The van der Waals surface area contributed by atoms with E-state index >= 15 is 0 Å². The molecule has 0 saturated carbocycles. The van der Waals surface area contributed by atoms with E-state index < -0.39 is 17.3 Å². The Kier molecular flexibility index (Phi) is 1.73. The maximum absolute atomic E-state index is 13.4. The van der Waals surface area contributed by atoms with E-state index in [0.29, 0.717) is 5.56 Å². The molecule has 72 valence electrons. The summed E-state index contributed by atoms with van der Waals surface area (Å²) in [6.45, 7) is 0. The lowest BCUT2D eigenvalue weighted by Crippen LogP contribution is -2.06. The van der Waals surface area contributed by atoms with Gasteiger partial charge in [-0.3, -0.25) is 4.79 Å².